The van der Waals surface area contributed by atoms with Gasteiger partial charge in [-0.25, -0.2) is 0 Å². The Kier molecular flexibility index (Phi) is 3.68. The van der Waals surface area contributed by atoms with Crippen LogP contribution < -0.4 is 4.74 Å². The van der Waals surface area contributed by atoms with Crippen LogP contribution in [0, 0.1) is 0 Å². The fraction of sp³-hybridized carbons (Fsp3) is 0.333. The summed E-state index contributed by atoms with van der Waals surface area (Å²) < 4.78 is 6.12. The van der Waals surface area contributed by atoms with Gasteiger partial charge >= 0.3 is 0 Å². The van der Waals surface area contributed by atoms with E-state index in [1.807, 2.05) is 0 Å². The molecule has 2 aliphatic rings. The number of hydrogen-bond acceptors (Lipinski definition) is 2. The van der Waals surface area contributed by atoms with Crippen molar-refractivity contribution < 1.29 is 4.74 Å². The van der Waals surface area contributed by atoms with Crippen molar-refractivity contribution in [1.82, 2.24) is 4.90 Å². The highest BCUT2D eigenvalue weighted by Crippen LogP contribution is 2.52. The third kappa shape index (κ3) is 2.14. The van der Waals surface area contributed by atoms with Crippen LogP contribution in [-0.2, 0) is 5.41 Å². The van der Waals surface area contributed by atoms with Crippen LogP contribution in [0.3, 0.4) is 0 Å². The van der Waals surface area contributed by atoms with Gasteiger partial charge in [-0.3, -0.25) is 0 Å². The van der Waals surface area contributed by atoms with Gasteiger partial charge in [-0.1, -0.05) is 36.4 Å². The second-order valence-corrected chi connectivity index (χ2v) is 5.98. The summed E-state index contributed by atoms with van der Waals surface area (Å²) >= 11 is 0. The van der Waals surface area contributed by atoms with Crippen LogP contribution in [0.5, 0.6) is 11.5 Å². The molecule has 2 nitrogen and oxygen atoms in total. The Labute approximate surface area is 132 Å². The van der Waals surface area contributed by atoms with Crippen LogP contribution in [0.15, 0.2) is 48.5 Å². The Balaban J connectivity index is 0.00000132. The number of nitrogens with zero attached hydrogens (tertiary/aromatic N) is 1. The molecular formula is C18H20ClNO. The Morgan fingerprint density at radius 3 is 1.86 bits per heavy atom. The molecule has 1 spiro atoms. The highest BCUT2D eigenvalue weighted by Gasteiger charge is 2.43. The van der Waals surface area contributed by atoms with Crippen LogP contribution in [0.2, 0.25) is 0 Å². The van der Waals surface area contributed by atoms with Gasteiger partial charge in [0.2, 0.25) is 0 Å². The van der Waals surface area contributed by atoms with Crippen molar-refractivity contribution in [3.8, 4) is 11.5 Å². The normalized spacial score (nSPS) is 19.1. The van der Waals surface area contributed by atoms with E-state index >= 15 is 0 Å². The van der Waals surface area contributed by atoms with Gasteiger partial charge in [-0.2, -0.15) is 0 Å². The molecule has 1 fully saturated rings. The molecular weight excluding hydrogens is 282 g/mol. The highest BCUT2D eigenvalue weighted by molar-refractivity contribution is 5.85. The Hall–Kier alpha value is -1.51. The first kappa shape index (κ1) is 14.4. The van der Waals surface area contributed by atoms with E-state index < -0.39 is 0 Å². The smallest absolute Gasteiger partial charge is 0.131 e. The zero-order chi connectivity index (χ0) is 13.6. The lowest BCUT2D eigenvalue weighted by atomic mass is 9.66. The maximum Gasteiger partial charge on any atom is 0.131 e. The van der Waals surface area contributed by atoms with Crippen LogP contribution in [0.25, 0.3) is 0 Å². The Morgan fingerprint density at radius 2 is 1.33 bits per heavy atom. The van der Waals surface area contributed by atoms with Gasteiger partial charge in [-0.05, 0) is 45.1 Å². The third-order valence-corrected chi connectivity index (χ3v) is 4.87. The lowest BCUT2D eigenvalue weighted by molar-refractivity contribution is 0.202. The van der Waals surface area contributed by atoms with Crippen molar-refractivity contribution in [1.29, 1.82) is 0 Å². The van der Waals surface area contributed by atoms with Crippen molar-refractivity contribution in [2.24, 2.45) is 0 Å². The largest absolute Gasteiger partial charge is 0.457 e. The summed E-state index contributed by atoms with van der Waals surface area (Å²) in [5, 5.41) is 0. The zero-order valence-corrected chi connectivity index (χ0v) is 13.0. The number of likely N-dealkylation sites (tertiary alicyclic amines) is 1. The summed E-state index contributed by atoms with van der Waals surface area (Å²) in [6.45, 7) is 2.28. The van der Waals surface area contributed by atoms with Crippen molar-refractivity contribution in [3.05, 3.63) is 59.7 Å². The van der Waals surface area contributed by atoms with Gasteiger partial charge in [0.15, 0.2) is 0 Å². The first-order chi connectivity index (χ1) is 9.79. The molecule has 0 N–H and O–H groups in total. The zero-order valence-electron chi connectivity index (χ0n) is 12.2. The topological polar surface area (TPSA) is 12.5 Å². The highest BCUT2D eigenvalue weighted by atomic mass is 35.5. The van der Waals surface area contributed by atoms with Crippen LogP contribution in [0.1, 0.15) is 24.0 Å². The molecule has 110 valence electrons. The number of piperidine rings is 1. The number of fused-ring (bicyclic) bond motifs is 4. The quantitative estimate of drug-likeness (QED) is 0.722. The summed E-state index contributed by atoms with van der Waals surface area (Å²) in [5.41, 5.74) is 2.87. The van der Waals surface area contributed by atoms with Crippen molar-refractivity contribution >= 4 is 12.4 Å². The number of para-hydroxylation sites is 2. The van der Waals surface area contributed by atoms with E-state index in [0.29, 0.717) is 0 Å². The molecule has 0 radical (unpaired) electrons. The van der Waals surface area contributed by atoms with Crippen molar-refractivity contribution in [2.75, 3.05) is 20.1 Å². The van der Waals surface area contributed by atoms with E-state index in [1.54, 1.807) is 0 Å². The minimum atomic E-state index is 0. The average molecular weight is 302 g/mol. The predicted octanol–water partition coefficient (Wildman–Crippen LogP) is 4.23. The second kappa shape index (κ2) is 5.36. The van der Waals surface area contributed by atoms with Crippen LogP contribution in [-0.4, -0.2) is 25.0 Å². The van der Waals surface area contributed by atoms with Gasteiger partial charge in [0.05, 0.1) is 0 Å². The van der Waals surface area contributed by atoms with Gasteiger partial charge in [-0.15, -0.1) is 12.4 Å². The molecule has 0 saturated carbocycles. The Morgan fingerprint density at radius 1 is 0.857 bits per heavy atom. The molecule has 1 saturated heterocycles. The minimum Gasteiger partial charge on any atom is -0.457 e. The average Bonchev–Trinajstić information content (AvgIpc) is 2.50. The van der Waals surface area contributed by atoms with Gasteiger partial charge in [0.1, 0.15) is 11.5 Å². The molecule has 0 aromatic heterocycles. The summed E-state index contributed by atoms with van der Waals surface area (Å²) in [6, 6.07) is 17.1. The molecule has 0 unspecified atom stereocenters. The van der Waals surface area contributed by atoms with E-state index in [2.05, 4.69) is 60.5 Å². The van der Waals surface area contributed by atoms with Gasteiger partial charge < -0.3 is 9.64 Å². The first-order valence-corrected chi connectivity index (χ1v) is 7.35. The molecule has 0 atom stereocenters. The van der Waals surface area contributed by atoms with E-state index in [9.17, 15) is 0 Å². The standard InChI is InChI=1S/C18H19NO.ClH/c1-19-12-10-18(11-13-19)14-6-2-4-8-16(14)20-17-9-5-3-7-15(17)18;/h2-9H,10-13H2,1H3;1H. The number of hydrogen-bond donors (Lipinski definition) is 0. The minimum absolute atomic E-state index is 0. The number of ether oxygens (including phenoxy) is 1. The van der Waals surface area contributed by atoms with Gasteiger partial charge in [0, 0.05) is 16.5 Å². The second-order valence-electron chi connectivity index (χ2n) is 5.98. The van der Waals surface area contributed by atoms with Crippen molar-refractivity contribution in [2.45, 2.75) is 18.3 Å². The van der Waals surface area contributed by atoms with E-state index in [4.69, 9.17) is 4.74 Å². The number of rotatable bonds is 0. The first-order valence-electron chi connectivity index (χ1n) is 7.35. The summed E-state index contributed by atoms with van der Waals surface area (Å²) in [5.74, 6) is 2.08. The molecule has 3 heteroatoms. The maximum atomic E-state index is 6.12. The molecule has 4 rings (SSSR count). The van der Waals surface area contributed by atoms with Gasteiger partial charge in [0.25, 0.3) is 0 Å². The predicted molar refractivity (Wildman–Crippen MR) is 87.7 cm³/mol. The van der Waals surface area contributed by atoms with E-state index in [1.165, 1.54) is 24.0 Å². The monoisotopic (exact) mass is 301 g/mol. The lowest BCUT2D eigenvalue weighted by Gasteiger charge is -2.45. The fourth-order valence-corrected chi connectivity index (χ4v) is 3.70. The molecule has 0 aliphatic carbocycles. The van der Waals surface area contributed by atoms with E-state index in [-0.39, 0.29) is 17.8 Å². The Bertz CT molecular complexity index is 600. The molecule has 2 aliphatic heterocycles. The third-order valence-electron chi connectivity index (χ3n) is 4.87. The SMILES string of the molecule is CN1CCC2(CC1)c1ccccc1Oc1ccccc12.Cl. The summed E-state index contributed by atoms with van der Waals surface area (Å²) in [4.78, 5) is 2.42. The van der Waals surface area contributed by atoms with Crippen LogP contribution >= 0.6 is 12.4 Å². The molecule has 2 heterocycles. The lowest BCUT2D eigenvalue weighted by Crippen LogP contribution is -2.43. The summed E-state index contributed by atoms with van der Waals surface area (Å²) in [6.07, 6.45) is 2.34. The molecule has 2 aromatic carbocycles. The van der Waals surface area contributed by atoms with Crippen LogP contribution in [0.4, 0.5) is 0 Å². The number of benzene rings is 2. The number of halogens is 1. The van der Waals surface area contributed by atoms with E-state index in [0.717, 1.165) is 24.6 Å². The molecule has 0 bridgehead atoms. The molecule has 21 heavy (non-hydrogen) atoms. The summed E-state index contributed by atoms with van der Waals surface area (Å²) in [7, 11) is 2.21. The maximum absolute atomic E-state index is 6.12. The fourth-order valence-electron chi connectivity index (χ4n) is 3.70. The molecule has 0 amide bonds. The van der Waals surface area contributed by atoms with Crippen molar-refractivity contribution in [3.63, 3.8) is 0 Å². The molecule has 2 aromatic rings.